The monoisotopic (exact) mass is 718 g/mol. The number of hydrogen-bond donors (Lipinski definition) is 0. The molecule has 0 aliphatic carbocycles. The Morgan fingerprint density at radius 1 is 0.326 bits per heavy atom. The van der Waals surface area contributed by atoms with Crippen LogP contribution in [0.3, 0.4) is 0 Å². The Labute approximate surface area is 266 Å². The van der Waals surface area contributed by atoms with E-state index < -0.39 is 80.9 Å². The lowest BCUT2D eigenvalue weighted by Gasteiger charge is -2.06. The SMILES string of the molecule is O=C(c1ccc(-c2ccc(-c3ccc(-c4ccc(C(=O)c5c(F)c(F)c(F)c(F)c5F)s4)s3)s2)s1)c1c(F)c(F)c(F)c(F)c1F. The first kappa shape index (κ1) is 31.8. The van der Waals surface area contributed by atoms with E-state index in [2.05, 4.69) is 0 Å². The first-order valence-corrected chi connectivity index (χ1v) is 15.6. The summed E-state index contributed by atoms with van der Waals surface area (Å²) in [5.74, 6) is -25.4. The van der Waals surface area contributed by atoms with Gasteiger partial charge in [0.15, 0.2) is 46.5 Å². The second kappa shape index (κ2) is 11.9. The predicted octanol–water partition coefficient (Wildman–Crippen LogP) is 10.8. The molecule has 0 aliphatic rings. The second-order valence-electron chi connectivity index (χ2n) is 9.20. The number of halogens is 10. The fourth-order valence-electron chi connectivity index (χ4n) is 4.25. The molecule has 0 spiro atoms. The number of thiophene rings is 4. The molecule has 234 valence electrons. The van der Waals surface area contributed by atoms with Gasteiger partial charge in [0.2, 0.25) is 23.2 Å². The largest absolute Gasteiger partial charge is 0.287 e. The molecule has 46 heavy (non-hydrogen) atoms. The van der Waals surface area contributed by atoms with Crippen LogP contribution in [0.1, 0.15) is 30.5 Å². The van der Waals surface area contributed by atoms with Crippen LogP contribution < -0.4 is 0 Å². The van der Waals surface area contributed by atoms with Gasteiger partial charge in [0.25, 0.3) is 0 Å². The summed E-state index contributed by atoms with van der Waals surface area (Å²) in [4.78, 5) is 28.4. The van der Waals surface area contributed by atoms with Crippen LogP contribution in [-0.2, 0) is 0 Å². The van der Waals surface area contributed by atoms with Crippen LogP contribution in [0.4, 0.5) is 43.9 Å². The van der Waals surface area contributed by atoms with Gasteiger partial charge in [0, 0.05) is 29.3 Å². The Morgan fingerprint density at radius 3 is 0.826 bits per heavy atom. The van der Waals surface area contributed by atoms with E-state index in [0.717, 1.165) is 32.4 Å². The summed E-state index contributed by atoms with van der Waals surface area (Å²) in [7, 11) is 0. The third-order valence-corrected chi connectivity index (χ3v) is 11.4. The molecule has 0 bridgehead atoms. The molecule has 4 heterocycles. The molecular formula is C30H8F10O2S4. The summed E-state index contributed by atoms with van der Waals surface area (Å²) in [5, 5.41) is 0. The normalized spacial score (nSPS) is 11.4. The van der Waals surface area contributed by atoms with E-state index in [1.54, 1.807) is 24.3 Å². The van der Waals surface area contributed by atoms with Crippen molar-refractivity contribution in [3.8, 4) is 29.3 Å². The molecule has 0 saturated carbocycles. The van der Waals surface area contributed by atoms with Crippen molar-refractivity contribution in [2.24, 2.45) is 0 Å². The van der Waals surface area contributed by atoms with E-state index >= 15 is 0 Å². The molecule has 0 aliphatic heterocycles. The number of hydrogen-bond acceptors (Lipinski definition) is 6. The predicted molar refractivity (Wildman–Crippen MR) is 154 cm³/mol. The summed E-state index contributed by atoms with van der Waals surface area (Å²) in [5.41, 5.74) is -3.12. The number of ketones is 2. The lowest BCUT2D eigenvalue weighted by molar-refractivity contribution is 0.102. The lowest BCUT2D eigenvalue weighted by atomic mass is 10.1. The highest BCUT2D eigenvalue weighted by Gasteiger charge is 2.32. The van der Waals surface area contributed by atoms with E-state index in [-0.39, 0.29) is 9.75 Å². The maximum absolute atomic E-state index is 14.2. The topological polar surface area (TPSA) is 34.1 Å². The number of benzene rings is 2. The van der Waals surface area contributed by atoms with Gasteiger partial charge in [-0.25, -0.2) is 43.9 Å². The third-order valence-electron chi connectivity index (χ3n) is 6.47. The minimum absolute atomic E-state index is 0.263. The summed E-state index contributed by atoms with van der Waals surface area (Å²) in [6.07, 6.45) is 0. The summed E-state index contributed by atoms with van der Waals surface area (Å²) >= 11 is 4.07. The second-order valence-corrected chi connectivity index (χ2v) is 13.5. The summed E-state index contributed by atoms with van der Waals surface area (Å²) in [6, 6.07) is 12.1. The summed E-state index contributed by atoms with van der Waals surface area (Å²) < 4.78 is 138. The molecule has 6 aromatic rings. The average molecular weight is 719 g/mol. The average Bonchev–Trinajstić information content (AvgIpc) is 3.86. The molecule has 0 atom stereocenters. The van der Waals surface area contributed by atoms with Gasteiger partial charge in [0.05, 0.1) is 9.75 Å². The minimum Gasteiger partial charge on any atom is -0.287 e. The minimum atomic E-state index is -2.38. The van der Waals surface area contributed by atoms with Gasteiger partial charge >= 0.3 is 0 Å². The van der Waals surface area contributed by atoms with E-state index in [0.29, 0.717) is 19.5 Å². The number of rotatable bonds is 7. The van der Waals surface area contributed by atoms with Crippen molar-refractivity contribution >= 4 is 56.9 Å². The van der Waals surface area contributed by atoms with Crippen molar-refractivity contribution in [3.63, 3.8) is 0 Å². The van der Waals surface area contributed by atoms with Crippen LogP contribution in [0.25, 0.3) is 29.3 Å². The van der Waals surface area contributed by atoms with E-state index in [4.69, 9.17) is 0 Å². The lowest BCUT2D eigenvalue weighted by Crippen LogP contribution is -2.12. The van der Waals surface area contributed by atoms with E-state index in [1.165, 1.54) is 46.9 Å². The van der Waals surface area contributed by atoms with Crippen LogP contribution in [-0.4, -0.2) is 11.6 Å². The van der Waals surface area contributed by atoms with Gasteiger partial charge < -0.3 is 0 Å². The number of carbonyl (C=O) groups is 2. The maximum Gasteiger partial charge on any atom is 0.209 e. The van der Waals surface area contributed by atoms with Gasteiger partial charge in [0.1, 0.15) is 11.1 Å². The summed E-state index contributed by atoms with van der Waals surface area (Å²) in [6.45, 7) is 0. The Kier molecular flexibility index (Phi) is 8.25. The zero-order valence-electron chi connectivity index (χ0n) is 21.8. The van der Waals surface area contributed by atoms with Crippen molar-refractivity contribution in [2.45, 2.75) is 0 Å². The van der Waals surface area contributed by atoms with Crippen LogP contribution >= 0.6 is 45.3 Å². The Morgan fingerprint density at radius 2 is 0.543 bits per heavy atom. The van der Waals surface area contributed by atoms with Gasteiger partial charge in [-0.3, -0.25) is 9.59 Å². The fraction of sp³-hybridized carbons (Fsp3) is 0. The van der Waals surface area contributed by atoms with Gasteiger partial charge in [-0.15, -0.1) is 45.3 Å². The Hall–Kier alpha value is -4.12. The quantitative estimate of drug-likeness (QED) is 0.0713. The van der Waals surface area contributed by atoms with Gasteiger partial charge in [-0.2, -0.15) is 0 Å². The van der Waals surface area contributed by atoms with Crippen LogP contribution in [0.15, 0.2) is 48.5 Å². The maximum atomic E-state index is 14.2. The molecule has 0 fully saturated rings. The first-order valence-electron chi connectivity index (χ1n) is 12.3. The standard InChI is InChI=1S/C30H8F10O2S4/c31-19-17(20(32)24(36)27(39)23(19)35)29(41)15-7-5-13(45-15)11-3-1-9(43-11)10-2-4-12(44-10)14-6-8-16(46-14)30(42)18-21(33)25(37)28(40)26(38)22(18)34/h1-8H. The highest BCUT2D eigenvalue weighted by atomic mass is 32.1. The molecule has 0 saturated heterocycles. The molecule has 0 amide bonds. The van der Waals surface area contributed by atoms with Gasteiger partial charge in [-0.1, -0.05) is 0 Å². The smallest absolute Gasteiger partial charge is 0.209 e. The molecule has 0 N–H and O–H groups in total. The molecule has 16 heteroatoms. The number of carbonyl (C=O) groups excluding carboxylic acids is 2. The molecule has 6 rings (SSSR count). The van der Waals surface area contributed by atoms with Crippen molar-refractivity contribution in [1.82, 2.24) is 0 Å². The van der Waals surface area contributed by atoms with Crippen molar-refractivity contribution < 1.29 is 53.5 Å². The molecule has 2 nitrogen and oxygen atoms in total. The van der Waals surface area contributed by atoms with Crippen LogP contribution in [0.5, 0.6) is 0 Å². The van der Waals surface area contributed by atoms with Crippen LogP contribution in [0.2, 0.25) is 0 Å². The van der Waals surface area contributed by atoms with Crippen LogP contribution in [0, 0.1) is 58.2 Å². The third kappa shape index (κ3) is 5.18. The molecule has 2 aromatic carbocycles. The van der Waals surface area contributed by atoms with E-state index in [1.807, 2.05) is 0 Å². The molecular weight excluding hydrogens is 711 g/mol. The van der Waals surface area contributed by atoms with Crippen molar-refractivity contribution in [3.05, 3.63) is 128 Å². The van der Waals surface area contributed by atoms with E-state index in [9.17, 15) is 53.5 Å². The Balaban J connectivity index is 1.23. The molecule has 0 radical (unpaired) electrons. The van der Waals surface area contributed by atoms with Crippen molar-refractivity contribution in [2.75, 3.05) is 0 Å². The highest BCUT2D eigenvalue weighted by molar-refractivity contribution is 7.29. The molecule has 4 aromatic heterocycles. The van der Waals surface area contributed by atoms with Crippen molar-refractivity contribution in [1.29, 1.82) is 0 Å². The Bertz CT molecular complexity index is 2010. The zero-order chi connectivity index (χ0) is 33.2. The first-order chi connectivity index (χ1) is 21.8. The highest BCUT2D eigenvalue weighted by Crippen LogP contribution is 2.43. The fourth-order valence-corrected chi connectivity index (χ4v) is 8.43. The molecule has 0 unspecified atom stereocenters. The van der Waals surface area contributed by atoms with Gasteiger partial charge in [-0.05, 0) is 48.5 Å². The zero-order valence-corrected chi connectivity index (χ0v) is 25.1.